The fraction of sp³-hybridized carbons (Fsp3) is 0.273. The standard InChI is InChI=1S/C22H23N5O2/c1-16-7-5-6-10-19(16)21(28)23-17-11-13-26(14-12-17)22(29)20-15-27(25-24-20)18-8-3-2-4-9-18/h2-10,15,17H,11-14H2,1H3,(H,23,28). The molecule has 2 amide bonds. The normalized spacial score (nSPS) is 14.6. The van der Waals surface area contributed by atoms with E-state index in [-0.39, 0.29) is 17.9 Å². The van der Waals surface area contributed by atoms with Crippen LogP contribution in [0.5, 0.6) is 0 Å². The molecule has 29 heavy (non-hydrogen) atoms. The van der Waals surface area contributed by atoms with Crippen molar-refractivity contribution in [1.82, 2.24) is 25.2 Å². The van der Waals surface area contributed by atoms with Crippen molar-refractivity contribution in [1.29, 1.82) is 0 Å². The highest BCUT2D eigenvalue weighted by molar-refractivity contribution is 5.96. The third kappa shape index (κ3) is 4.18. The maximum Gasteiger partial charge on any atom is 0.276 e. The Balaban J connectivity index is 1.34. The van der Waals surface area contributed by atoms with E-state index in [9.17, 15) is 9.59 Å². The van der Waals surface area contributed by atoms with Crippen LogP contribution in [0.25, 0.3) is 5.69 Å². The highest BCUT2D eigenvalue weighted by Crippen LogP contribution is 2.15. The van der Waals surface area contributed by atoms with Crippen LogP contribution in [0, 0.1) is 6.92 Å². The monoisotopic (exact) mass is 389 g/mol. The molecule has 2 aromatic carbocycles. The minimum absolute atomic E-state index is 0.0568. The summed E-state index contributed by atoms with van der Waals surface area (Å²) in [7, 11) is 0. The minimum Gasteiger partial charge on any atom is -0.349 e. The lowest BCUT2D eigenvalue weighted by atomic mass is 10.0. The van der Waals surface area contributed by atoms with E-state index >= 15 is 0 Å². The van der Waals surface area contributed by atoms with Crippen molar-refractivity contribution in [2.75, 3.05) is 13.1 Å². The van der Waals surface area contributed by atoms with Gasteiger partial charge in [0.1, 0.15) is 0 Å². The Hall–Kier alpha value is -3.48. The molecule has 7 nitrogen and oxygen atoms in total. The average molecular weight is 389 g/mol. The van der Waals surface area contributed by atoms with Crippen LogP contribution in [0.1, 0.15) is 39.3 Å². The largest absolute Gasteiger partial charge is 0.349 e. The third-order valence-electron chi connectivity index (χ3n) is 5.24. The molecule has 0 radical (unpaired) electrons. The van der Waals surface area contributed by atoms with Gasteiger partial charge >= 0.3 is 0 Å². The van der Waals surface area contributed by atoms with Gasteiger partial charge in [-0.15, -0.1) is 5.10 Å². The number of nitrogens with one attached hydrogen (secondary N) is 1. The van der Waals surface area contributed by atoms with Crippen LogP contribution < -0.4 is 5.32 Å². The molecule has 1 aromatic heterocycles. The molecule has 1 N–H and O–H groups in total. The minimum atomic E-state index is -0.129. The Morgan fingerprint density at radius 1 is 1.00 bits per heavy atom. The summed E-state index contributed by atoms with van der Waals surface area (Å²) in [5, 5.41) is 11.2. The number of amides is 2. The Labute approximate surface area is 169 Å². The summed E-state index contributed by atoms with van der Waals surface area (Å²) in [5.41, 5.74) is 2.84. The maximum absolute atomic E-state index is 12.8. The first kappa shape index (κ1) is 18.9. The molecular weight excluding hydrogens is 366 g/mol. The average Bonchev–Trinajstić information content (AvgIpc) is 3.25. The van der Waals surface area contributed by atoms with Crippen LogP contribution in [-0.4, -0.2) is 50.8 Å². The molecule has 0 spiro atoms. The second kappa shape index (κ2) is 8.26. The highest BCUT2D eigenvalue weighted by atomic mass is 16.2. The number of para-hydroxylation sites is 1. The third-order valence-corrected chi connectivity index (χ3v) is 5.24. The molecule has 1 aliphatic rings. The quantitative estimate of drug-likeness (QED) is 0.744. The Morgan fingerprint density at radius 3 is 2.41 bits per heavy atom. The van der Waals surface area contributed by atoms with Crippen LogP contribution in [0.3, 0.4) is 0 Å². The van der Waals surface area contributed by atoms with Crippen molar-refractivity contribution in [3.63, 3.8) is 0 Å². The van der Waals surface area contributed by atoms with E-state index in [1.165, 1.54) is 0 Å². The van der Waals surface area contributed by atoms with Crippen molar-refractivity contribution < 1.29 is 9.59 Å². The van der Waals surface area contributed by atoms with Crippen LogP contribution in [0.4, 0.5) is 0 Å². The number of carbonyl (C=O) groups is 2. The van der Waals surface area contributed by atoms with E-state index < -0.39 is 0 Å². The number of aromatic nitrogens is 3. The van der Waals surface area contributed by atoms with E-state index in [4.69, 9.17) is 0 Å². The zero-order chi connectivity index (χ0) is 20.2. The SMILES string of the molecule is Cc1ccccc1C(=O)NC1CCN(C(=O)c2cn(-c3ccccc3)nn2)CC1. The summed E-state index contributed by atoms with van der Waals surface area (Å²) >= 11 is 0. The molecule has 0 bridgehead atoms. The molecule has 3 aromatic rings. The van der Waals surface area contributed by atoms with E-state index in [2.05, 4.69) is 15.6 Å². The van der Waals surface area contributed by atoms with Crippen LogP contribution >= 0.6 is 0 Å². The van der Waals surface area contributed by atoms with Crippen LogP contribution in [0.15, 0.2) is 60.8 Å². The Morgan fingerprint density at radius 2 is 1.69 bits per heavy atom. The van der Waals surface area contributed by atoms with E-state index in [1.54, 1.807) is 15.8 Å². The molecule has 148 valence electrons. The number of likely N-dealkylation sites (tertiary alicyclic amines) is 1. The lowest BCUT2D eigenvalue weighted by Crippen LogP contribution is -2.46. The van der Waals surface area contributed by atoms with Gasteiger partial charge in [-0.3, -0.25) is 9.59 Å². The predicted octanol–water partition coefficient (Wildman–Crippen LogP) is 2.61. The molecule has 2 heterocycles. The summed E-state index contributed by atoms with van der Waals surface area (Å²) in [5.74, 6) is -0.186. The van der Waals surface area contributed by atoms with Gasteiger partial charge in [0, 0.05) is 24.7 Å². The van der Waals surface area contributed by atoms with Crippen LogP contribution in [-0.2, 0) is 0 Å². The molecule has 1 saturated heterocycles. The second-order valence-electron chi connectivity index (χ2n) is 7.24. The summed E-state index contributed by atoms with van der Waals surface area (Å²) in [6.07, 6.45) is 3.09. The maximum atomic E-state index is 12.8. The fourth-order valence-corrected chi connectivity index (χ4v) is 3.55. The van der Waals surface area contributed by atoms with E-state index in [1.807, 2.05) is 61.5 Å². The number of hydrogen-bond donors (Lipinski definition) is 1. The highest BCUT2D eigenvalue weighted by Gasteiger charge is 2.26. The van der Waals surface area contributed by atoms with Crippen LogP contribution in [0.2, 0.25) is 0 Å². The molecule has 1 fully saturated rings. The van der Waals surface area contributed by atoms with Crippen molar-refractivity contribution in [3.05, 3.63) is 77.6 Å². The molecule has 0 aliphatic carbocycles. The topological polar surface area (TPSA) is 80.1 Å². The molecular formula is C22H23N5O2. The van der Waals surface area contributed by atoms with Gasteiger partial charge in [0.05, 0.1) is 11.9 Å². The molecule has 0 saturated carbocycles. The summed E-state index contributed by atoms with van der Waals surface area (Å²) in [6.45, 7) is 3.09. The van der Waals surface area contributed by atoms with Crippen molar-refractivity contribution in [2.45, 2.75) is 25.8 Å². The van der Waals surface area contributed by atoms with Gasteiger partial charge in [-0.2, -0.15) is 0 Å². The van der Waals surface area contributed by atoms with Crippen molar-refractivity contribution >= 4 is 11.8 Å². The van der Waals surface area contributed by atoms with Gasteiger partial charge < -0.3 is 10.2 Å². The van der Waals surface area contributed by atoms with E-state index in [0.717, 1.165) is 24.1 Å². The number of nitrogens with zero attached hydrogens (tertiary/aromatic N) is 4. The van der Waals surface area contributed by atoms with Gasteiger partial charge in [-0.1, -0.05) is 41.6 Å². The molecule has 4 rings (SSSR count). The number of rotatable bonds is 4. The number of benzene rings is 2. The zero-order valence-corrected chi connectivity index (χ0v) is 16.3. The second-order valence-corrected chi connectivity index (χ2v) is 7.24. The van der Waals surface area contributed by atoms with Gasteiger partial charge in [-0.25, -0.2) is 4.68 Å². The Kier molecular flexibility index (Phi) is 5.37. The zero-order valence-electron chi connectivity index (χ0n) is 16.3. The summed E-state index contributed by atoms with van der Waals surface area (Å²) < 4.78 is 1.60. The number of hydrogen-bond acceptors (Lipinski definition) is 4. The lowest BCUT2D eigenvalue weighted by Gasteiger charge is -2.32. The first-order valence-electron chi connectivity index (χ1n) is 9.75. The molecule has 7 heteroatoms. The summed E-state index contributed by atoms with van der Waals surface area (Å²) in [6, 6.07) is 17.2. The smallest absolute Gasteiger partial charge is 0.276 e. The molecule has 0 atom stereocenters. The number of piperidine rings is 1. The number of carbonyl (C=O) groups excluding carboxylic acids is 2. The van der Waals surface area contributed by atoms with Gasteiger partial charge in [0.15, 0.2) is 5.69 Å². The van der Waals surface area contributed by atoms with Gasteiger partial charge in [0.2, 0.25) is 0 Å². The van der Waals surface area contributed by atoms with Gasteiger partial charge in [-0.05, 0) is 43.5 Å². The molecule has 1 aliphatic heterocycles. The van der Waals surface area contributed by atoms with Gasteiger partial charge in [0.25, 0.3) is 11.8 Å². The van der Waals surface area contributed by atoms with E-state index in [0.29, 0.717) is 24.3 Å². The fourth-order valence-electron chi connectivity index (χ4n) is 3.55. The molecule has 0 unspecified atom stereocenters. The number of aryl methyl sites for hydroxylation is 1. The predicted molar refractivity (Wildman–Crippen MR) is 109 cm³/mol. The first-order valence-corrected chi connectivity index (χ1v) is 9.75. The summed E-state index contributed by atoms with van der Waals surface area (Å²) in [4.78, 5) is 27.0. The first-order chi connectivity index (χ1) is 14.1. The van der Waals surface area contributed by atoms with Crippen molar-refractivity contribution in [2.24, 2.45) is 0 Å². The van der Waals surface area contributed by atoms with Crippen molar-refractivity contribution in [3.8, 4) is 5.69 Å². The Bertz CT molecular complexity index is 1010. The lowest BCUT2D eigenvalue weighted by molar-refractivity contribution is 0.0692.